The lowest BCUT2D eigenvalue weighted by molar-refractivity contribution is 0.403. The molecule has 0 saturated carbocycles. The van der Waals surface area contributed by atoms with Gasteiger partial charge in [-0.3, -0.25) is 9.98 Å². The van der Waals surface area contributed by atoms with Gasteiger partial charge in [-0.25, -0.2) is 0 Å². The van der Waals surface area contributed by atoms with Crippen LogP contribution in [-0.4, -0.2) is 43.1 Å². The van der Waals surface area contributed by atoms with Gasteiger partial charge in [0.2, 0.25) is 0 Å². The molecule has 6 N–H and O–H groups in total. The molecule has 4 aromatic carbocycles. The SMILES string of the molecule is Oc1ccccc1N=Cc1cccc(O)c1O.Oc1ccccc1N=Cc1cccc(O)c1O. The zero-order valence-corrected chi connectivity index (χ0v) is 17.8. The van der Waals surface area contributed by atoms with E-state index in [1.807, 2.05) is 0 Å². The van der Waals surface area contributed by atoms with Crippen LogP contribution in [0.3, 0.4) is 0 Å². The van der Waals surface area contributed by atoms with Crippen molar-refractivity contribution in [1.82, 2.24) is 0 Å². The Balaban J connectivity index is 0.000000191. The van der Waals surface area contributed by atoms with E-state index in [0.29, 0.717) is 22.5 Å². The second kappa shape index (κ2) is 11.1. The van der Waals surface area contributed by atoms with Crippen LogP contribution in [0.4, 0.5) is 11.4 Å². The van der Waals surface area contributed by atoms with Crippen molar-refractivity contribution in [2.75, 3.05) is 0 Å². The third-order valence-electron chi connectivity index (χ3n) is 4.54. The van der Waals surface area contributed by atoms with Crippen molar-refractivity contribution in [3.8, 4) is 34.5 Å². The third-order valence-corrected chi connectivity index (χ3v) is 4.54. The molecule has 172 valence electrons. The number of benzene rings is 4. The highest BCUT2D eigenvalue weighted by molar-refractivity contribution is 5.87. The van der Waals surface area contributed by atoms with Crippen molar-refractivity contribution in [2.24, 2.45) is 9.98 Å². The standard InChI is InChI=1S/2C13H11NO3/c2*15-11-6-2-1-5-10(11)14-8-9-4-3-7-12(16)13(9)17/h2*1-8,15-17H. The average Bonchev–Trinajstić information content (AvgIpc) is 2.83. The number of phenolic OH excluding ortho intramolecular Hbond substituents is 6. The fourth-order valence-corrected chi connectivity index (χ4v) is 2.73. The molecule has 0 aliphatic carbocycles. The monoisotopic (exact) mass is 458 g/mol. The lowest BCUT2D eigenvalue weighted by Gasteiger charge is -2.01. The normalized spacial score (nSPS) is 10.8. The molecule has 0 radical (unpaired) electrons. The first-order valence-electron chi connectivity index (χ1n) is 10.0. The Kier molecular flexibility index (Phi) is 7.70. The quantitative estimate of drug-likeness (QED) is 0.185. The van der Waals surface area contributed by atoms with Crippen molar-refractivity contribution in [1.29, 1.82) is 0 Å². The summed E-state index contributed by atoms with van der Waals surface area (Å²) < 4.78 is 0. The van der Waals surface area contributed by atoms with Crippen molar-refractivity contribution in [2.45, 2.75) is 0 Å². The minimum atomic E-state index is -0.230. The molecule has 0 aromatic heterocycles. The van der Waals surface area contributed by atoms with Gasteiger partial charge in [0, 0.05) is 23.6 Å². The molecule has 0 spiro atoms. The summed E-state index contributed by atoms with van der Waals surface area (Å²) in [5.74, 6) is -0.748. The number of nitrogens with zero attached hydrogens (tertiary/aromatic N) is 2. The summed E-state index contributed by atoms with van der Waals surface area (Å²) in [5.41, 5.74) is 1.56. The van der Waals surface area contributed by atoms with Crippen molar-refractivity contribution >= 4 is 23.8 Å². The first-order valence-corrected chi connectivity index (χ1v) is 10.0. The van der Waals surface area contributed by atoms with Crippen LogP contribution in [0.2, 0.25) is 0 Å². The van der Waals surface area contributed by atoms with E-state index in [1.165, 1.54) is 36.7 Å². The summed E-state index contributed by atoms with van der Waals surface area (Å²) >= 11 is 0. The molecule has 0 aliphatic heterocycles. The van der Waals surface area contributed by atoms with Crippen LogP contribution in [0, 0.1) is 0 Å². The highest BCUT2D eigenvalue weighted by Gasteiger charge is 2.04. The molecule has 34 heavy (non-hydrogen) atoms. The second-order valence-electron chi connectivity index (χ2n) is 6.92. The van der Waals surface area contributed by atoms with Gasteiger partial charge in [-0.1, -0.05) is 36.4 Å². The number of phenols is 6. The molecule has 4 aromatic rings. The Morgan fingerprint density at radius 2 is 0.765 bits per heavy atom. The van der Waals surface area contributed by atoms with Crippen LogP contribution in [-0.2, 0) is 0 Å². The smallest absolute Gasteiger partial charge is 0.166 e. The topological polar surface area (TPSA) is 146 Å². The largest absolute Gasteiger partial charge is 0.506 e. The van der Waals surface area contributed by atoms with Gasteiger partial charge in [-0.05, 0) is 48.5 Å². The Morgan fingerprint density at radius 3 is 1.15 bits per heavy atom. The van der Waals surface area contributed by atoms with Gasteiger partial charge in [0.25, 0.3) is 0 Å². The van der Waals surface area contributed by atoms with E-state index >= 15 is 0 Å². The van der Waals surface area contributed by atoms with E-state index in [-0.39, 0.29) is 34.5 Å². The van der Waals surface area contributed by atoms with Crippen LogP contribution >= 0.6 is 0 Å². The lowest BCUT2D eigenvalue weighted by atomic mass is 10.2. The highest BCUT2D eigenvalue weighted by Crippen LogP contribution is 2.30. The lowest BCUT2D eigenvalue weighted by Crippen LogP contribution is -1.82. The van der Waals surface area contributed by atoms with E-state index in [1.54, 1.807) is 60.7 Å². The molecule has 0 heterocycles. The molecule has 0 bridgehead atoms. The van der Waals surface area contributed by atoms with E-state index < -0.39 is 0 Å². The summed E-state index contributed by atoms with van der Waals surface area (Å²) in [6, 6.07) is 22.4. The van der Waals surface area contributed by atoms with E-state index in [9.17, 15) is 30.6 Å². The van der Waals surface area contributed by atoms with Gasteiger partial charge in [-0.2, -0.15) is 0 Å². The molecule has 0 fully saturated rings. The van der Waals surface area contributed by atoms with E-state index in [0.717, 1.165) is 0 Å². The van der Waals surface area contributed by atoms with Gasteiger partial charge >= 0.3 is 0 Å². The van der Waals surface area contributed by atoms with Crippen LogP contribution in [0.15, 0.2) is 94.9 Å². The maximum absolute atomic E-state index is 9.54. The first kappa shape index (κ1) is 23.7. The summed E-state index contributed by atoms with van der Waals surface area (Å²) in [6.07, 6.45) is 2.76. The molecule has 0 saturated heterocycles. The zero-order chi connectivity index (χ0) is 24.5. The fourth-order valence-electron chi connectivity index (χ4n) is 2.73. The predicted molar refractivity (Wildman–Crippen MR) is 130 cm³/mol. The predicted octanol–water partition coefficient (Wildman–Crippen LogP) is 5.11. The number of aromatic hydroxyl groups is 6. The molecule has 8 nitrogen and oxygen atoms in total. The highest BCUT2D eigenvalue weighted by atomic mass is 16.3. The zero-order valence-electron chi connectivity index (χ0n) is 17.8. The van der Waals surface area contributed by atoms with Crippen LogP contribution < -0.4 is 0 Å². The van der Waals surface area contributed by atoms with Crippen molar-refractivity contribution in [3.63, 3.8) is 0 Å². The van der Waals surface area contributed by atoms with Crippen molar-refractivity contribution < 1.29 is 30.6 Å². The Morgan fingerprint density at radius 1 is 0.412 bits per heavy atom. The van der Waals surface area contributed by atoms with Gasteiger partial charge in [-0.15, -0.1) is 0 Å². The summed E-state index contributed by atoms with van der Waals surface area (Å²) in [5, 5.41) is 56.6. The average molecular weight is 458 g/mol. The Labute approximate surface area is 195 Å². The summed E-state index contributed by atoms with van der Waals surface area (Å²) in [6.45, 7) is 0. The molecule has 8 heteroatoms. The van der Waals surface area contributed by atoms with Gasteiger partial charge < -0.3 is 30.6 Å². The van der Waals surface area contributed by atoms with Crippen LogP contribution in [0.5, 0.6) is 34.5 Å². The van der Waals surface area contributed by atoms with Gasteiger partial charge in [0.05, 0.1) is 0 Å². The number of hydrogen-bond acceptors (Lipinski definition) is 8. The minimum Gasteiger partial charge on any atom is -0.506 e. The molecular formula is C26H22N2O6. The summed E-state index contributed by atoms with van der Waals surface area (Å²) in [7, 11) is 0. The number of hydrogen-bond donors (Lipinski definition) is 6. The maximum Gasteiger partial charge on any atom is 0.166 e. The number of para-hydroxylation sites is 6. The van der Waals surface area contributed by atoms with Crippen molar-refractivity contribution in [3.05, 3.63) is 96.1 Å². The number of aliphatic imine (C=N–C) groups is 2. The minimum absolute atomic E-state index is 0.0587. The fraction of sp³-hybridized carbons (Fsp3) is 0. The molecule has 0 atom stereocenters. The second-order valence-corrected chi connectivity index (χ2v) is 6.92. The Hall–Kier alpha value is -4.98. The van der Waals surface area contributed by atoms with E-state index in [4.69, 9.17) is 0 Å². The Bertz CT molecular complexity index is 1230. The van der Waals surface area contributed by atoms with E-state index in [2.05, 4.69) is 9.98 Å². The van der Waals surface area contributed by atoms with Gasteiger partial charge in [0.1, 0.15) is 22.9 Å². The number of rotatable bonds is 4. The summed E-state index contributed by atoms with van der Waals surface area (Å²) in [4.78, 5) is 8.06. The molecule has 0 aliphatic rings. The van der Waals surface area contributed by atoms with Gasteiger partial charge in [0.15, 0.2) is 23.0 Å². The first-order chi connectivity index (χ1) is 16.4. The maximum atomic E-state index is 9.54. The third kappa shape index (κ3) is 6.04. The molecule has 4 rings (SSSR count). The molecular weight excluding hydrogens is 436 g/mol. The molecule has 0 unspecified atom stereocenters. The molecule has 0 amide bonds. The van der Waals surface area contributed by atoms with Crippen LogP contribution in [0.1, 0.15) is 11.1 Å². The van der Waals surface area contributed by atoms with Crippen LogP contribution in [0.25, 0.3) is 0 Å².